The van der Waals surface area contributed by atoms with E-state index >= 15 is 0 Å². The van der Waals surface area contributed by atoms with Crippen LogP contribution < -0.4 is 9.80 Å². The molecule has 0 radical (unpaired) electrons. The van der Waals surface area contributed by atoms with Gasteiger partial charge in [0.2, 0.25) is 5.91 Å². The molecule has 2 aliphatic rings. The van der Waals surface area contributed by atoms with Crippen LogP contribution in [0.4, 0.5) is 5.69 Å². The Bertz CT molecular complexity index is 518. The monoisotopic (exact) mass is 273 g/mol. The highest BCUT2D eigenvalue weighted by atomic mass is 16.2. The second-order valence-corrected chi connectivity index (χ2v) is 5.88. The molecule has 2 fully saturated rings. The van der Waals surface area contributed by atoms with Gasteiger partial charge in [0.15, 0.2) is 6.04 Å². The van der Waals surface area contributed by atoms with Gasteiger partial charge in [-0.25, -0.2) is 4.90 Å². The van der Waals surface area contributed by atoms with Crippen LogP contribution in [0.25, 0.3) is 0 Å². The van der Waals surface area contributed by atoms with E-state index in [1.807, 2.05) is 31.2 Å². The Labute approximate surface area is 119 Å². The molecule has 2 heterocycles. The molecule has 0 spiro atoms. The number of nitrogens with one attached hydrogen (secondary N) is 1. The van der Waals surface area contributed by atoms with Gasteiger partial charge in [-0.1, -0.05) is 17.7 Å². The molecule has 1 N–H and O–H groups in total. The molecule has 0 unspecified atom stereocenters. The Morgan fingerprint density at radius 3 is 2.35 bits per heavy atom. The molecule has 2 amide bonds. The summed E-state index contributed by atoms with van der Waals surface area (Å²) in [5, 5.41) is 0. The van der Waals surface area contributed by atoms with E-state index in [0.29, 0.717) is 12.1 Å². The van der Waals surface area contributed by atoms with E-state index in [9.17, 15) is 9.59 Å². The van der Waals surface area contributed by atoms with E-state index in [1.54, 1.807) is 0 Å². The molecule has 3 rings (SSSR count). The van der Waals surface area contributed by atoms with Gasteiger partial charge in [-0.15, -0.1) is 0 Å². The molecule has 2 aliphatic heterocycles. The summed E-state index contributed by atoms with van der Waals surface area (Å²) in [4.78, 5) is 27.5. The molecule has 106 valence electrons. The van der Waals surface area contributed by atoms with Gasteiger partial charge in [-0.3, -0.25) is 9.59 Å². The van der Waals surface area contributed by atoms with Gasteiger partial charge in [0.25, 0.3) is 5.91 Å². The fourth-order valence-corrected chi connectivity index (χ4v) is 3.27. The van der Waals surface area contributed by atoms with Gasteiger partial charge < -0.3 is 4.90 Å². The first-order valence-electron chi connectivity index (χ1n) is 7.45. The van der Waals surface area contributed by atoms with Crippen LogP contribution in [0.5, 0.6) is 0 Å². The van der Waals surface area contributed by atoms with E-state index in [2.05, 4.69) is 0 Å². The largest absolute Gasteiger partial charge is 0.324 e. The van der Waals surface area contributed by atoms with Gasteiger partial charge >= 0.3 is 0 Å². The van der Waals surface area contributed by atoms with Gasteiger partial charge in [-0.05, 0) is 38.3 Å². The first-order chi connectivity index (χ1) is 9.66. The highest BCUT2D eigenvalue weighted by Gasteiger charge is 2.45. The number of amides is 2. The number of nitrogens with zero attached hydrogens (tertiary/aromatic N) is 1. The number of hydrogen-bond acceptors (Lipinski definition) is 2. The Hall–Kier alpha value is -1.68. The summed E-state index contributed by atoms with van der Waals surface area (Å²) in [5.74, 6) is -0.0716. The van der Waals surface area contributed by atoms with E-state index in [4.69, 9.17) is 0 Å². The molecule has 0 aliphatic carbocycles. The predicted octanol–water partition coefficient (Wildman–Crippen LogP) is 0.696. The molecule has 4 heteroatoms. The lowest BCUT2D eigenvalue weighted by Gasteiger charge is -2.27. The molecule has 0 bridgehead atoms. The fourth-order valence-electron chi connectivity index (χ4n) is 3.27. The Kier molecular flexibility index (Phi) is 3.57. The van der Waals surface area contributed by atoms with Crippen LogP contribution in [0.15, 0.2) is 24.3 Å². The van der Waals surface area contributed by atoms with Crippen molar-refractivity contribution in [2.24, 2.45) is 0 Å². The number of likely N-dealkylation sites (tertiary alicyclic amines) is 1. The number of quaternary nitrogens is 1. The summed E-state index contributed by atoms with van der Waals surface area (Å²) < 4.78 is 0. The molecule has 1 aromatic rings. The van der Waals surface area contributed by atoms with E-state index < -0.39 is 0 Å². The number of carbonyl (C=O) groups is 2. The van der Waals surface area contributed by atoms with Crippen LogP contribution in [0.2, 0.25) is 0 Å². The van der Waals surface area contributed by atoms with Crippen molar-refractivity contribution in [3.8, 4) is 0 Å². The molecule has 2 saturated heterocycles. The lowest BCUT2D eigenvalue weighted by molar-refractivity contribution is -0.919. The van der Waals surface area contributed by atoms with E-state index in [0.717, 1.165) is 31.5 Å². The molecular weight excluding hydrogens is 252 g/mol. The van der Waals surface area contributed by atoms with Crippen LogP contribution in [-0.2, 0) is 9.59 Å². The summed E-state index contributed by atoms with van der Waals surface area (Å²) in [6.07, 6.45) is 3.94. The zero-order valence-corrected chi connectivity index (χ0v) is 11.9. The third-order valence-corrected chi connectivity index (χ3v) is 4.43. The van der Waals surface area contributed by atoms with E-state index in [1.165, 1.54) is 16.2 Å². The van der Waals surface area contributed by atoms with Crippen molar-refractivity contribution in [1.82, 2.24) is 0 Å². The minimum Gasteiger partial charge on any atom is -0.324 e. The van der Waals surface area contributed by atoms with Gasteiger partial charge in [0.05, 0.1) is 25.2 Å². The average Bonchev–Trinajstić information content (AvgIpc) is 2.76. The highest BCUT2D eigenvalue weighted by Crippen LogP contribution is 2.22. The van der Waals surface area contributed by atoms with Crippen LogP contribution in [0.1, 0.15) is 31.2 Å². The topological polar surface area (TPSA) is 41.8 Å². The first kappa shape index (κ1) is 13.3. The smallest absolute Gasteiger partial charge is 0.292 e. The number of rotatable bonds is 2. The van der Waals surface area contributed by atoms with Crippen LogP contribution in [0, 0.1) is 6.92 Å². The SMILES string of the molecule is Cc1ccc(N2C(=O)C[C@@H]([NH+]3CCCCC3)C2=O)cc1. The lowest BCUT2D eigenvalue weighted by atomic mass is 10.1. The van der Waals surface area contributed by atoms with E-state index in [-0.39, 0.29) is 17.9 Å². The van der Waals surface area contributed by atoms with Crippen LogP contribution >= 0.6 is 0 Å². The number of carbonyl (C=O) groups excluding carboxylic acids is 2. The number of anilines is 1. The van der Waals surface area contributed by atoms with Crippen molar-refractivity contribution in [2.75, 3.05) is 18.0 Å². The summed E-state index contributed by atoms with van der Waals surface area (Å²) in [5.41, 5.74) is 1.84. The second kappa shape index (κ2) is 5.37. The zero-order chi connectivity index (χ0) is 14.1. The highest BCUT2D eigenvalue weighted by molar-refractivity contribution is 6.21. The summed E-state index contributed by atoms with van der Waals surface area (Å²) in [6.45, 7) is 4.04. The Balaban J connectivity index is 1.81. The second-order valence-electron chi connectivity index (χ2n) is 5.88. The number of imide groups is 1. The summed E-state index contributed by atoms with van der Waals surface area (Å²) >= 11 is 0. The van der Waals surface area contributed by atoms with Crippen LogP contribution in [0.3, 0.4) is 0 Å². The van der Waals surface area contributed by atoms with Crippen molar-refractivity contribution in [3.63, 3.8) is 0 Å². The van der Waals surface area contributed by atoms with Gasteiger partial charge in [0, 0.05) is 0 Å². The minimum atomic E-state index is -0.163. The first-order valence-corrected chi connectivity index (χ1v) is 7.45. The molecular formula is C16H21N2O2+. The van der Waals surface area contributed by atoms with Crippen molar-refractivity contribution in [2.45, 2.75) is 38.6 Å². The fraction of sp³-hybridized carbons (Fsp3) is 0.500. The van der Waals surface area contributed by atoms with Crippen molar-refractivity contribution < 1.29 is 14.5 Å². The van der Waals surface area contributed by atoms with Crippen molar-refractivity contribution >= 4 is 17.5 Å². The Morgan fingerprint density at radius 1 is 1.05 bits per heavy atom. The van der Waals surface area contributed by atoms with Gasteiger partial charge in [-0.2, -0.15) is 0 Å². The average molecular weight is 273 g/mol. The molecule has 4 nitrogen and oxygen atoms in total. The van der Waals surface area contributed by atoms with Gasteiger partial charge in [0.1, 0.15) is 0 Å². The lowest BCUT2D eigenvalue weighted by Crippen LogP contribution is -3.17. The standard InChI is InChI=1S/C16H20N2O2/c1-12-5-7-13(8-6-12)18-15(19)11-14(16(18)20)17-9-3-2-4-10-17/h5-8,14H,2-4,9-11H2,1H3/p+1/t14-/m1/s1. The maximum atomic E-state index is 12.6. The maximum Gasteiger partial charge on any atom is 0.292 e. The Morgan fingerprint density at radius 2 is 1.70 bits per heavy atom. The summed E-state index contributed by atoms with van der Waals surface area (Å²) in [6, 6.07) is 7.44. The third kappa shape index (κ3) is 2.36. The minimum absolute atomic E-state index is 0.0178. The maximum absolute atomic E-state index is 12.6. The third-order valence-electron chi connectivity index (χ3n) is 4.43. The predicted molar refractivity (Wildman–Crippen MR) is 76.6 cm³/mol. The normalized spacial score (nSPS) is 24.4. The van der Waals surface area contributed by atoms with Crippen LogP contribution in [-0.4, -0.2) is 30.9 Å². The molecule has 20 heavy (non-hydrogen) atoms. The summed E-state index contributed by atoms with van der Waals surface area (Å²) in [7, 11) is 0. The molecule has 0 aromatic heterocycles. The molecule has 1 aromatic carbocycles. The van der Waals surface area contributed by atoms with Crippen molar-refractivity contribution in [1.29, 1.82) is 0 Å². The number of hydrogen-bond donors (Lipinski definition) is 1. The van der Waals surface area contributed by atoms with Crippen molar-refractivity contribution in [3.05, 3.63) is 29.8 Å². The number of benzene rings is 1. The number of piperidine rings is 1. The zero-order valence-electron chi connectivity index (χ0n) is 11.9. The molecule has 0 saturated carbocycles. The quantitative estimate of drug-likeness (QED) is 0.806. The number of aryl methyl sites for hydroxylation is 1. The molecule has 1 atom stereocenters.